The van der Waals surface area contributed by atoms with Gasteiger partial charge >= 0.3 is 0 Å². The summed E-state index contributed by atoms with van der Waals surface area (Å²) >= 11 is 0. The van der Waals surface area contributed by atoms with Crippen LogP contribution in [0.1, 0.15) is 30.1 Å². The number of hydrogen-bond donors (Lipinski definition) is 3. The van der Waals surface area contributed by atoms with Gasteiger partial charge in [0.1, 0.15) is 0 Å². The van der Waals surface area contributed by atoms with Crippen LogP contribution in [-0.2, 0) is 4.74 Å². The summed E-state index contributed by atoms with van der Waals surface area (Å²) in [5, 5.41) is 3.40. The molecule has 1 saturated heterocycles. The van der Waals surface area contributed by atoms with Gasteiger partial charge in [-0.2, -0.15) is 0 Å². The van der Waals surface area contributed by atoms with Crippen LogP contribution in [-0.4, -0.2) is 24.7 Å². The first-order valence-electron chi connectivity index (χ1n) is 6.05. The van der Waals surface area contributed by atoms with Gasteiger partial charge in [0, 0.05) is 30.1 Å². The second-order valence-electron chi connectivity index (χ2n) is 4.97. The molecule has 0 spiro atoms. The molecule has 0 aromatic heterocycles. The van der Waals surface area contributed by atoms with Crippen molar-refractivity contribution in [3.63, 3.8) is 0 Å². The van der Waals surface area contributed by atoms with Crippen molar-refractivity contribution in [3.8, 4) is 0 Å². The number of anilines is 2. The number of nitrogens with one attached hydrogen (secondary N) is 1. The lowest BCUT2D eigenvalue weighted by Gasteiger charge is -2.36. The largest absolute Gasteiger partial charge is 0.399 e. The van der Waals surface area contributed by atoms with Crippen molar-refractivity contribution < 1.29 is 9.53 Å². The van der Waals surface area contributed by atoms with Crippen molar-refractivity contribution in [1.29, 1.82) is 0 Å². The fourth-order valence-electron chi connectivity index (χ4n) is 2.15. The number of ether oxygens (including phenoxy) is 1. The van der Waals surface area contributed by atoms with E-state index in [-0.39, 0.29) is 5.54 Å². The Morgan fingerprint density at radius 2 is 2.06 bits per heavy atom. The lowest BCUT2D eigenvalue weighted by molar-refractivity contribution is 0.0658. The summed E-state index contributed by atoms with van der Waals surface area (Å²) in [5.74, 6) is -0.472. The molecule has 1 aromatic rings. The first-order chi connectivity index (χ1) is 8.50. The molecule has 0 saturated carbocycles. The van der Waals surface area contributed by atoms with Crippen molar-refractivity contribution in [2.75, 3.05) is 24.3 Å². The van der Waals surface area contributed by atoms with Gasteiger partial charge < -0.3 is 21.5 Å². The zero-order valence-corrected chi connectivity index (χ0v) is 10.5. The summed E-state index contributed by atoms with van der Waals surface area (Å²) in [6.07, 6.45) is 1.80. The molecule has 1 heterocycles. The Bertz CT molecular complexity index is 454. The van der Waals surface area contributed by atoms with Crippen LogP contribution >= 0.6 is 0 Å². The third kappa shape index (κ3) is 2.73. The maximum Gasteiger partial charge on any atom is 0.250 e. The molecule has 0 unspecified atom stereocenters. The van der Waals surface area contributed by atoms with E-state index < -0.39 is 5.91 Å². The third-order valence-corrected chi connectivity index (χ3v) is 3.34. The van der Waals surface area contributed by atoms with Crippen molar-refractivity contribution >= 4 is 17.3 Å². The monoisotopic (exact) mass is 249 g/mol. The lowest BCUT2D eigenvalue weighted by atomic mass is 9.91. The van der Waals surface area contributed by atoms with Crippen LogP contribution in [0.3, 0.4) is 0 Å². The Morgan fingerprint density at radius 1 is 1.39 bits per heavy atom. The number of carbonyl (C=O) groups excluding carboxylic acids is 1. The second-order valence-corrected chi connectivity index (χ2v) is 4.97. The first-order valence-corrected chi connectivity index (χ1v) is 6.05. The summed E-state index contributed by atoms with van der Waals surface area (Å²) < 4.78 is 5.35. The predicted octanol–water partition coefficient (Wildman–Crippen LogP) is 1.35. The zero-order valence-electron chi connectivity index (χ0n) is 10.5. The van der Waals surface area contributed by atoms with E-state index in [4.69, 9.17) is 16.2 Å². The Hall–Kier alpha value is -1.75. The first kappa shape index (κ1) is 12.7. The van der Waals surface area contributed by atoms with Crippen LogP contribution in [0.15, 0.2) is 18.2 Å². The highest BCUT2D eigenvalue weighted by Crippen LogP contribution is 2.28. The van der Waals surface area contributed by atoms with Gasteiger partial charge in [-0.15, -0.1) is 0 Å². The van der Waals surface area contributed by atoms with Gasteiger partial charge in [0.25, 0.3) is 5.91 Å². The zero-order chi connectivity index (χ0) is 13.2. The Kier molecular flexibility index (Phi) is 3.43. The molecule has 0 aliphatic carbocycles. The van der Waals surface area contributed by atoms with E-state index in [1.54, 1.807) is 18.2 Å². The number of amides is 1. The third-order valence-electron chi connectivity index (χ3n) is 3.34. The highest BCUT2D eigenvalue weighted by Gasteiger charge is 2.28. The highest BCUT2D eigenvalue weighted by molar-refractivity contribution is 5.99. The molecule has 5 heteroatoms. The van der Waals surface area contributed by atoms with E-state index >= 15 is 0 Å². The van der Waals surface area contributed by atoms with Crippen LogP contribution in [0.25, 0.3) is 0 Å². The minimum absolute atomic E-state index is 0.0709. The standard InChI is InChI=1S/C13H19N3O2/c1-13(4-6-18-7-5-13)16-11-3-2-9(14)8-10(11)12(15)17/h2-3,8,16H,4-7,14H2,1H3,(H2,15,17). The molecule has 2 rings (SSSR count). The number of rotatable bonds is 3. The van der Waals surface area contributed by atoms with E-state index in [1.807, 2.05) is 0 Å². The number of carbonyl (C=O) groups is 1. The SMILES string of the molecule is CC1(Nc2ccc(N)cc2C(N)=O)CCOCC1. The van der Waals surface area contributed by atoms with Crippen LogP contribution in [0, 0.1) is 0 Å². The van der Waals surface area contributed by atoms with Crippen molar-refractivity contribution in [3.05, 3.63) is 23.8 Å². The van der Waals surface area contributed by atoms with Gasteiger partial charge in [0.15, 0.2) is 0 Å². The summed E-state index contributed by atoms with van der Waals surface area (Å²) in [6, 6.07) is 5.17. The molecule has 1 aliphatic rings. The number of nitrogen functional groups attached to an aromatic ring is 1. The topological polar surface area (TPSA) is 90.4 Å². The molecule has 5 nitrogen and oxygen atoms in total. The molecule has 1 aliphatic heterocycles. The number of hydrogen-bond acceptors (Lipinski definition) is 4. The lowest BCUT2D eigenvalue weighted by Crippen LogP contribution is -2.41. The highest BCUT2D eigenvalue weighted by atomic mass is 16.5. The molecule has 1 amide bonds. The second kappa shape index (κ2) is 4.86. The fourth-order valence-corrected chi connectivity index (χ4v) is 2.15. The van der Waals surface area contributed by atoms with E-state index in [1.165, 1.54) is 0 Å². The molecule has 1 fully saturated rings. The number of benzene rings is 1. The summed E-state index contributed by atoms with van der Waals surface area (Å²) in [7, 11) is 0. The van der Waals surface area contributed by atoms with Crippen LogP contribution in [0.4, 0.5) is 11.4 Å². The predicted molar refractivity (Wildman–Crippen MR) is 71.5 cm³/mol. The quantitative estimate of drug-likeness (QED) is 0.705. The molecule has 1 aromatic carbocycles. The number of nitrogens with two attached hydrogens (primary N) is 2. The average Bonchev–Trinajstić information content (AvgIpc) is 2.32. The molecule has 0 radical (unpaired) electrons. The minimum atomic E-state index is -0.472. The van der Waals surface area contributed by atoms with Crippen molar-refractivity contribution in [2.45, 2.75) is 25.3 Å². The van der Waals surface area contributed by atoms with Crippen LogP contribution in [0.2, 0.25) is 0 Å². The van der Waals surface area contributed by atoms with E-state index in [0.717, 1.165) is 31.7 Å². The molecule has 98 valence electrons. The van der Waals surface area contributed by atoms with Crippen molar-refractivity contribution in [1.82, 2.24) is 0 Å². The average molecular weight is 249 g/mol. The molecule has 0 atom stereocenters. The molecular weight excluding hydrogens is 230 g/mol. The van der Waals surface area contributed by atoms with Gasteiger partial charge in [0.05, 0.1) is 5.56 Å². The minimum Gasteiger partial charge on any atom is -0.399 e. The Labute approximate surface area is 106 Å². The fraction of sp³-hybridized carbons (Fsp3) is 0.462. The van der Waals surface area contributed by atoms with Crippen molar-refractivity contribution in [2.24, 2.45) is 5.73 Å². The Morgan fingerprint density at radius 3 is 2.67 bits per heavy atom. The van der Waals surface area contributed by atoms with Gasteiger partial charge in [-0.05, 0) is 38.0 Å². The maximum atomic E-state index is 11.4. The van der Waals surface area contributed by atoms with Gasteiger partial charge in [-0.25, -0.2) is 0 Å². The van der Waals surface area contributed by atoms with Gasteiger partial charge in [-0.1, -0.05) is 0 Å². The van der Waals surface area contributed by atoms with Gasteiger partial charge in [0.2, 0.25) is 0 Å². The molecular formula is C13H19N3O2. The van der Waals surface area contributed by atoms with Gasteiger partial charge in [-0.3, -0.25) is 4.79 Å². The molecule has 5 N–H and O–H groups in total. The summed E-state index contributed by atoms with van der Waals surface area (Å²) in [4.78, 5) is 11.4. The normalized spacial score (nSPS) is 18.3. The molecule has 18 heavy (non-hydrogen) atoms. The van der Waals surface area contributed by atoms with E-state index in [0.29, 0.717) is 11.3 Å². The summed E-state index contributed by atoms with van der Waals surface area (Å²) in [5.41, 5.74) is 12.7. The van der Waals surface area contributed by atoms with Crippen LogP contribution < -0.4 is 16.8 Å². The van der Waals surface area contributed by atoms with Crippen LogP contribution in [0.5, 0.6) is 0 Å². The van der Waals surface area contributed by atoms with E-state index in [9.17, 15) is 4.79 Å². The number of primary amides is 1. The van der Waals surface area contributed by atoms with E-state index in [2.05, 4.69) is 12.2 Å². The smallest absolute Gasteiger partial charge is 0.250 e. The summed E-state index contributed by atoms with van der Waals surface area (Å²) in [6.45, 7) is 3.57. The molecule has 0 bridgehead atoms. The Balaban J connectivity index is 2.25. The maximum absolute atomic E-state index is 11.4.